The highest BCUT2D eigenvalue weighted by Crippen LogP contribution is 2.39. The van der Waals surface area contributed by atoms with E-state index in [-0.39, 0.29) is 18.6 Å². The van der Waals surface area contributed by atoms with E-state index in [0.717, 1.165) is 6.08 Å². The topological polar surface area (TPSA) is 123 Å². The van der Waals surface area contributed by atoms with Crippen LogP contribution in [0.5, 0.6) is 11.5 Å². The molecule has 3 rings (SSSR count). The maximum atomic E-state index is 11.9. The van der Waals surface area contributed by atoms with Crippen molar-refractivity contribution in [3.63, 3.8) is 0 Å². The number of carbonyl (C=O) groups excluding carboxylic acids is 2. The first-order valence-corrected chi connectivity index (χ1v) is 7.69. The molecule has 1 aliphatic carbocycles. The Morgan fingerprint density at radius 2 is 2.16 bits per heavy atom. The maximum absolute atomic E-state index is 11.9. The first-order chi connectivity index (χ1) is 11.8. The Bertz CT molecular complexity index is 727. The number of phenolic OH excluding ortho intramolecular Hbond substituents is 1. The van der Waals surface area contributed by atoms with Crippen molar-refractivity contribution in [2.75, 3.05) is 7.11 Å². The first-order valence-electron chi connectivity index (χ1n) is 7.69. The third-order valence-corrected chi connectivity index (χ3v) is 4.36. The van der Waals surface area contributed by atoms with Crippen LogP contribution in [0.1, 0.15) is 18.4 Å². The van der Waals surface area contributed by atoms with Crippen molar-refractivity contribution in [3.05, 3.63) is 29.8 Å². The largest absolute Gasteiger partial charge is 0.504 e. The van der Waals surface area contributed by atoms with E-state index in [1.165, 1.54) is 19.3 Å². The molecule has 0 aromatic heterocycles. The number of rotatable bonds is 4. The summed E-state index contributed by atoms with van der Waals surface area (Å²) in [6, 6.07) is 4.59. The zero-order chi connectivity index (χ0) is 18.2. The number of phenols is 1. The van der Waals surface area contributed by atoms with Crippen LogP contribution in [-0.2, 0) is 19.1 Å². The summed E-state index contributed by atoms with van der Waals surface area (Å²) in [4.78, 5) is 23.5. The van der Waals surface area contributed by atoms with Gasteiger partial charge in [0.15, 0.2) is 17.1 Å². The molecule has 134 valence electrons. The van der Waals surface area contributed by atoms with Gasteiger partial charge in [0.05, 0.1) is 7.11 Å². The molecule has 1 aliphatic heterocycles. The van der Waals surface area contributed by atoms with Gasteiger partial charge in [-0.3, -0.25) is 0 Å². The predicted molar refractivity (Wildman–Crippen MR) is 83.6 cm³/mol. The summed E-state index contributed by atoms with van der Waals surface area (Å²) in [6.07, 6.45) is -0.801. The van der Waals surface area contributed by atoms with E-state index in [0.29, 0.717) is 11.3 Å². The fourth-order valence-corrected chi connectivity index (χ4v) is 3.03. The molecule has 8 nitrogen and oxygen atoms in total. The number of fused-ring (bicyclic) bond motifs is 2. The van der Waals surface area contributed by atoms with E-state index < -0.39 is 35.9 Å². The highest BCUT2D eigenvalue weighted by atomic mass is 16.6. The molecule has 25 heavy (non-hydrogen) atoms. The highest BCUT2D eigenvalue weighted by Gasteiger charge is 2.58. The first kappa shape index (κ1) is 17.2. The second-order valence-corrected chi connectivity index (χ2v) is 6.11. The van der Waals surface area contributed by atoms with Gasteiger partial charge < -0.3 is 29.5 Å². The monoisotopic (exact) mass is 350 g/mol. The SMILES string of the molecule is COc1ccc(/C=C/C(=O)OC2CC3(O)CC(OC3=O)C2O)cc1O. The average Bonchev–Trinajstić information content (AvgIpc) is 2.82. The Balaban J connectivity index is 1.64. The highest BCUT2D eigenvalue weighted by molar-refractivity contribution is 5.87. The number of aliphatic hydroxyl groups excluding tert-OH is 1. The van der Waals surface area contributed by atoms with Crippen LogP contribution in [-0.4, -0.2) is 58.3 Å². The van der Waals surface area contributed by atoms with Crippen LogP contribution in [0.15, 0.2) is 24.3 Å². The molecule has 1 saturated heterocycles. The molecule has 8 heteroatoms. The van der Waals surface area contributed by atoms with Gasteiger partial charge in [0.25, 0.3) is 0 Å². The van der Waals surface area contributed by atoms with Crippen LogP contribution in [0, 0.1) is 0 Å². The van der Waals surface area contributed by atoms with Gasteiger partial charge in [-0.05, 0) is 23.8 Å². The van der Waals surface area contributed by atoms with Crippen LogP contribution in [0.3, 0.4) is 0 Å². The third-order valence-electron chi connectivity index (χ3n) is 4.36. The molecule has 4 unspecified atom stereocenters. The predicted octanol–water partition coefficient (Wildman–Crippen LogP) is 0.137. The van der Waals surface area contributed by atoms with E-state index in [9.17, 15) is 24.9 Å². The second-order valence-electron chi connectivity index (χ2n) is 6.11. The third kappa shape index (κ3) is 3.31. The van der Waals surface area contributed by atoms with Gasteiger partial charge in [0.2, 0.25) is 0 Å². The number of esters is 2. The minimum atomic E-state index is -1.72. The molecule has 1 aromatic rings. The molecule has 4 atom stereocenters. The Labute approximate surface area is 143 Å². The fraction of sp³-hybridized carbons (Fsp3) is 0.412. The van der Waals surface area contributed by atoms with Gasteiger partial charge in [-0.15, -0.1) is 0 Å². The average molecular weight is 350 g/mol. The second kappa shape index (κ2) is 6.38. The van der Waals surface area contributed by atoms with E-state index >= 15 is 0 Å². The molecule has 3 N–H and O–H groups in total. The van der Waals surface area contributed by atoms with Crippen LogP contribution in [0.2, 0.25) is 0 Å². The number of benzene rings is 1. The molecule has 2 fully saturated rings. The number of methoxy groups -OCH3 is 1. The molecule has 0 radical (unpaired) electrons. The summed E-state index contributed by atoms with van der Waals surface area (Å²) in [7, 11) is 1.42. The van der Waals surface area contributed by atoms with E-state index in [4.69, 9.17) is 14.2 Å². The van der Waals surface area contributed by atoms with Crippen molar-refractivity contribution in [1.82, 2.24) is 0 Å². The Morgan fingerprint density at radius 3 is 2.84 bits per heavy atom. The van der Waals surface area contributed by atoms with Crippen molar-refractivity contribution in [3.8, 4) is 11.5 Å². The number of aromatic hydroxyl groups is 1. The lowest BCUT2D eigenvalue weighted by Crippen LogP contribution is -2.50. The van der Waals surface area contributed by atoms with E-state index in [1.54, 1.807) is 12.1 Å². The molecular formula is C17H18O8. The maximum Gasteiger partial charge on any atom is 0.338 e. The zero-order valence-electron chi connectivity index (χ0n) is 13.4. The summed E-state index contributed by atoms with van der Waals surface area (Å²) in [6.45, 7) is 0. The Morgan fingerprint density at radius 1 is 1.40 bits per heavy atom. The molecular weight excluding hydrogens is 332 g/mol. The van der Waals surface area contributed by atoms with Gasteiger partial charge in [-0.25, -0.2) is 9.59 Å². The smallest absolute Gasteiger partial charge is 0.338 e. The Kier molecular flexibility index (Phi) is 4.40. The molecule has 0 spiro atoms. The lowest BCUT2D eigenvalue weighted by atomic mass is 9.82. The minimum absolute atomic E-state index is 0.0119. The zero-order valence-corrected chi connectivity index (χ0v) is 13.4. The molecule has 1 heterocycles. The number of ether oxygens (including phenoxy) is 3. The normalized spacial score (nSPS) is 31.0. The van der Waals surface area contributed by atoms with Crippen molar-refractivity contribution in [1.29, 1.82) is 0 Å². The van der Waals surface area contributed by atoms with Crippen molar-refractivity contribution >= 4 is 18.0 Å². The van der Waals surface area contributed by atoms with Crippen LogP contribution in [0.4, 0.5) is 0 Å². The summed E-state index contributed by atoms with van der Waals surface area (Å²) < 4.78 is 15.0. The molecule has 2 aliphatic rings. The van der Waals surface area contributed by atoms with Gasteiger partial charge >= 0.3 is 11.9 Å². The number of hydrogen-bond acceptors (Lipinski definition) is 8. The van der Waals surface area contributed by atoms with Crippen LogP contribution in [0.25, 0.3) is 6.08 Å². The number of aliphatic hydroxyl groups is 2. The van der Waals surface area contributed by atoms with Gasteiger partial charge in [0, 0.05) is 18.9 Å². The standard InChI is InChI=1S/C17H18O8/c1-23-11-4-2-9(6-10(11)18)3-5-14(19)24-12-7-17(22)8-13(15(12)20)25-16(17)21/h2-6,12-13,15,18,20,22H,7-8H2,1H3/b5-3+. The van der Waals surface area contributed by atoms with Gasteiger partial charge in [0.1, 0.15) is 18.3 Å². The Hall–Kier alpha value is -2.58. The van der Waals surface area contributed by atoms with Crippen molar-refractivity contribution < 1.29 is 39.1 Å². The number of carbonyl (C=O) groups is 2. The van der Waals surface area contributed by atoms with Crippen molar-refractivity contribution in [2.24, 2.45) is 0 Å². The quantitative estimate of drug-likeness (QED) is 0.518. The fourth-order valence-electron chi connectivity index (χ4n) is 3.03. The molecule has 2 bridgehead atoms. The van der Waals surface area contributed by atoms with E-state index in [1.807, 2.05) is 0 Å². The molecule has 1 saturated carbocycles. The van der Waals surface area contributed by atoms with Crippen molar-refractivity contribution in [2.45, 2.75) is 36.8 Å². The lowest BCUT2D eigenvalue weighted by Gasteiger charge is -2.32. The van der Waals surface area contributed by atoms with Gasteiger partial charge in [-0.1, -0.05) is 6.07 Å². The number of hydrogen-bond donors (Lipinski definition) is 3. The van der Waals surface area contributed by atoms with Crippen LogP contribution >= 0.6 is 0 Å². The molecule has 0 amide bonds. The summed E-state index contributed by atoms with van der Waals surface area (Å²) in [5, 5.41) is 29.9. The summed E-state index contributed by atoms with van der Waals surface area (Å²) in [5.41, 5.74) is -1.18. The molecule has 1 aromatic carbocycles. The van der Waals surface area contributed by atoms with Crippen LogP contribution < -0.4 is 4.74 Å². The lowest BCUT2D eigenvalue weighted by molar-refractivity contribution is -0.162. The minimum Gasteiger partial charge on any atom is -0.504 e. The van der Waals surface area contributed by atoms with Gasteiger partial charge in [-0.2, -0.15) is 0 Å². The summed E-state index contributed by atoms with van der Waals surface area (Å²) >= 11 is 0. The summed E-state index contributed by atoms with van der Waals surface area (Å²) in [5.74, 6) is -1.33. The van der Waals surface area contributed by atoms with E-state index in [2.05, 4.69) is 0 Å².